The number of nitrogens with zero attached hydrogens (tertiary/aromatic N) is 10. The molecule has 106 heavy (non-hydrogen) atoms. The van der Waals surface area contributed by atoms with Crippen LogP contribution in [0, 0.1) is 0 Å². The number of fused-ring (bicyclic) bond motifs is 10. The number of hydrogen-bond acceptors (Lipinski definition) is 10. The molecule has 12 nitrogen and oxygen atoms in total. The third-order valence-corrected chi connectivity index (χ3v) is 20.3. The van der Waals surface area contributed by atoms with Crippen LogP contribution < -0.4 is 0 Å². The lowest BCUT2D eigenvalue weighted by atomic mass is 9.99. The number of rotatable bonds is 12. The third kappa shape index (κ3) is 10.4. The molecule has 0 atom stereocenters. The van der Waals surface area contributed by atoms with Gasteiger partial charge in [-0.1, -0.05) is 243 Å². The number of oxazole rings is 2. The van der Waals surface area contributed by atoms with E-state index in [1.54, 1.807) is 0 Å². The summed E-state index contributed by atoms with van der Waals surface area (Å²) in [6.45, 7) is 0. The average Bonchev–Trinajstić information content (AvgIpc) is 1.57. The fraction of sp³-hybridized carbons (Fsp3) is 0. The van der Waals surface area contributed by atoms with E-state index in [1.807, 2.05) is 121 Å². The van der Waals surface area contributed by atoms with Crippen molar-refractivity contribution >= 4 is 87.4 Å². The van der Waals surface area contributed by atoms with E-state index in [0.29, 0.717) is 52.3 Å². The maximum absolute atomic E-state index is 6.82. The molecule has 0 spiro atoms. The molecular weight excluding hydrogens is 1300 g/mol. The molecule has 15 aromatic carbocycles. The minimum atomic E-state index is 0.555. The lowest BCUT2D eigenvalue weighted by Crippen LogP contribution is -2.00. The molecule has 6 heterocycles. The number of benzene rings is 15. The Morgan fingerprint density at radius 3 is 1.10 bits per heavy atom. The summed E-state index contributed by atoms with van der Waals surface area (Å²) in [6, 6.07) is 118. The summed E-state index contributed by atoms with van der Waals surface area (Å²) in [5.74, 6) is 4.77. The van der Waals surface area contributed by atoms with Crippen LogP contribution in [0.3, 0.4) is 0 Å². The lowest BCUT2D eigenvalue weighted by Gasteiger charge is -2.11. The molecule has 0 aliphatic heterocycles. The van der Waals surface area contributed by atoms with Crippen molar-refractivity contribution in [3.05, 3.63) is 340 Å². The van der Waals surface area contributed by atoms with Crippen molar-refractivity contribution in [3.8, 4) is 125 Å². The second kappa shape index (κ2) is 24.6. The van der Waals surface area contributed by atoms with Gasteiger partial charge in [0, 0.05) is 77.4 Å². The van der Waals surface area contributed by atoms with Crippen molar-refractivity contribution in [2.75, 3.05) is 0 Å². The molecule has 0 aliphatic rings. The van der Waals surface area contributed by atoms with E-state index in [2.05, 4.69) is 228 Å². The Labute approximate surface area is 606 Å². The second-order valence-electron chi connectivity index (χ2n) is 26.7. The van der Waals surface area contributed by atoms with Gasteiger partial charge in [-0.2, -0.15) is 0 Å². The topological polar surface area (TPSA) is 139 Å². The molecular formula is C94H56N10O2. The molecule has 0 saturated heterocycles. The molecule has 0 aliphatic carbocycles. The van der Waals surface area contributed by atoms with Gasteiger partial charge in [0.2, 0.25) is 11.8 Å². The van der Waals surface area contributed by atoms with Gasteiger partial charge in [0.25, 0.3) is 0 Å². The van der Waals surface area contributed by atoms with Crippen molar-refractivity contribution in [1.29, 1.82) is 0 Å². The summed E-state index contributed by atoms with van der Waals surface area (Å²) in [5.41, 5.74) is 20.9. The number of aromatic nitrogens is 10. The first-order valence-electron chi connectivity index (χ1n) is 35.3. The summed E-state index contributed by atoms with van der Waals surface area (Å²) in [7, 11) is 0. The molecule has 0 saturated carbocycles. The van der Waals surface area contributed by atoms with Gasteiger partial charge < -0.3 is 18.0 Å². The van der Waals surface area contributed by atoms with Crippen LogP contribution in [0.15, 0.2) is 349 Å². The Hall–Kier alpha value is -14.6. The van der Waals surface area contributed by atoms with Crippen molar-refractivity contribution in [2.45, 2.75) is 0 Å². The van der Waals surface area contributed by atoms with Crippen molar-refractivity contribution in [1.82, 2.24) is 49.0 Å². The van der Waals surface area contributed by atoms with E-state index in [-0.39, 0.29) is 0 Å². The standard InChI is InChI=1S/C94H56N10O2/c1-4-18-60(19-5-1)87-97-88(61-20-6-2-7-21-61)99-90(98-87)63-39-34-57(35-40-63)65-43-44-67-54-71(50-47-66(67)52-65)103-79-29-13-10-24-73(79)86-76(27-17-31-81(86)103)94-96-78-51-48-68(56-84(78)106-94)58-36-41-64(42-37-58)91-100-89(62-22-8-3-9-23-62)101-92(102-91)69-45-38-59-46-49-72(55-70(59)53-69)104-80-30-14-11-25-74(80)85-75(26-16-32-82(85)104)93-95-77-28-12-15-33-83(77)105-93/h1-56H. The zero-order valence-corrected chi connectivity index (χ0v) is 56.6. The summed E-state index contributed by atoms with van der Waals surface area (Å²) in [6.07, 6.45) is 0. The summed E-state index contributed by atoms with van der Waals surface area (Å²) in [4.78, 5) is 40.4. The second-order valence-corrected chi connectivity index (χ2v) is 26.7. The van der Waals surface area contributed by atoms with E-state index in [4.69, 9.17) is 48.7 Å². The highest BCUT2D eigenvalue weighted by atomic mass is 16.4. The van der Waals surface area contributed by atoms with Crippen LogP contribution in [0.5, 0.6) is 0 Å². The minimum Gasteiger partial charge on any atom is -0.436 e. The maximum Gasteiger partial charge on any atom is 0.228 e. The van der Waals surface area contributed by atoms with Gasteiger partial charge in [0.05, 0.1) is 22.1 Å². The Morgan fingerprint density at radius 1 is 0.208 bits per heavy atom. The van der Waals surface area contributed by atoms with Gasteiger partial charge in [0.15, 0.2) is 46.1 Å². The van der Waals surface area contributed by atoms with Crippen molar-refractivity contribution < 1.29 is 8.83 Å². The number of para-hydroxylation sites is 4. The summed E-state index contributed by atoms with van der Waals surface area (Å²) >= 11 is 0. The monoisotopic (exact) mass is 1360 g/mol. The highest BCUT2D eigenvalue weighted by Crippen LogP contribution is 2.43. The van der Waals surface area contributed by atoms with Gasteiger partial charge in [-0.3, -0.25) is 0 Å². The third-order valence-electron chi connectivity index (χ3n) is 20.3. The molecule has 0 fully saturated rings. The van der Waals surface area contributed by atoms with Crippen LogP contribution in [0.2, 0.25) is 0 Å². The molecule has 494 valence electrons. The van der Waals surface area contributed by atoms with Gasteiger partial charge in [0.1, 0.15) is 11.0 Å². The first-order chi connectivity index (χ1) is 52.5. The molecule has 21 aromatic rings. The van der Waals surface area contributed by atoms with Crippen molar-refractivity contribution in [3.63, 3.8) is 0 Å². The fourth-order valence-corrected chi connectivity index (χ4v) is 15.1. The zero-order chi connectivity index (χ0) is 69.8. The van der Waals surface area contributed by atoms with Crippen molar-refractivity contribution in [2.24, 2.45) is 0 Å². The Morgan fingerprint density at radius 2 is 0.566 bits per heavy atom. The van der Waals surface area contributed by atoms with E-state index in [1.165, 1.54) is 0 Å². The summed E-state index contributed by atoms with van der Waals surface area (Å²) < 4.78 is 17.9. The van der Waals surface area contributed by atoms with Crippen LogP contribution in [0.25, 0.3) is 212 Å². The average molecular weight is 1360 g/mol. The Bertz CT molecular complexity index is 6980. The van der Waals surface area contributed by atoms with Gasteiger partial charge in [-0.25, -0.2) is 39.9 Å². The van der Waals surface area contributed by atoms with E-state index >= 15 is 0 Å². The first kappa shape index (κ1) is 60.2. The Kier molecular flexibility index (Phi) is 14.0. The van der Waals surface area contributed by atoms with Gasteiger partial charge >= 0.3 is 0 Å². The van der Waals surface area contributed by atoms with Gasteiger partial charge in [-0.15, -0.1) is 0 Å². The smallest absolute Gasteiger partial charge is 0.228 e. The maximum atomic E-state index is 6.82. The molecule has 21 rings (SSSR count). The molecule has 0 bridgehead atoms. The molecule has 0 N–H and O–H groups in total. The van der Waals surface area contributed by atoms with Crippen LogP contribution >= 0.6 is 0 Å². The van der Waals surface area contributed by atoms with E-state index in [9.17, 15) is 0 Å². The van der Waals surface area contributed by atoms with E-state index < -0.39 is 0 Å². The molecule has 6 aromatic heterocycles. The highest BCUT2D eigenvalue weighted by Gasteiger charge is 2.24. The van der Waals surface area contributed by atoms with E-state index in [0.717, 1.165) is 160 Å². The minimum absolute atomic E-state index is 0.555. The predicted molar refractivity (Wildman–Crippen MR) is 426 cm³/mol. The zero-order valence-electron chi connectivity index (χ0n) is 56.6. The van der Waals surface area contributed by atoms with Crippen LogP contribution in [-0.4, -0.2) is 49.0 Å². The van der Waals surface area contributed by atoms with Crippen LogP contribution in [0.1, 0.15) is 0 Å². The Balaban J connectivity index is 0.571. The predicted octanol–water partition coefficient (Wildman–Crippen LogP) is 23.5. The van der Waals surface area contributed by atoms with Gasteiger partial charge in [-0.05, 0) is 141 Å². The SMILES string of the molecule is c1ccc(-c2nc(-c3ccccc3)nc(-c3ccc(-c4ccc5cc(-n6c7ccccc7c7c(-c8nc9ccc(-c%10ccc(-c%11nc(-c%12ccccc%12)nc(-c%12ccc%13ccc(-n%14c%15ccccc%15c%15c(-c%16nc%17ccccc%17o%16)cccc%15%14)cc%13c%12)n%11)cc%10)cc9o8)cccc76)ccc5c4)cc3)n2)cc1. The molecule has 0 radical (unpaired) electrons. The lowest BCUT2D eigenvalue weighted by molar-refractivity contribution is 0.620. The van der Waals surface area contributed by atoms with Crippen LogP contribution in [-0.2, 0) is 0 Å². The fourth-order valence-electron chi connectivity index (χ4n) is 15.1. The first-order valence-corrected chi connectivity index (χ1v) is 35.3. The highest BCUT2D eigenvalue weighted by molar-refractivity contribution is 6.17. The summed E-state index contributed by atoms with van der Waals surface area (Å²) in [5, 5.41) is 8.79. The quantitative estimate of drug-likeness (QED) is 0.116. The normalized spacial score (nSPS) is 11.8. The number of hydrogen-bond donors (Lipinski definition) is 0. The molecule has 0 unspecified atom stereocenters. The largest absolute Gasteiger partial charge is 0.436 e. The molecule has 0 amide bonds. The van der Waals surface area contributed by atoms with Crippen LogP contribution in [0.4, 0.5) is 0 Å². The molecule has 12 heteroatoms.